The van der Waals surface area contributed by atoms with Crippen LogP contribution in [0, 0.1) is 0 Å². The number of fused-ring (bicyclic) bond motifs is 1. The molecule has 0 saturated carbocycles. The summed E-state index contributed by atoms with van der Waals surface area (Å²) in [5, 5.41) is 10.7. The monoisotopic (exact) mass is 418 g/mol. The van der Waals surface area contributed by atoms with Crippen molar-refractivity contribution in [2.24, 2.45) is 0 Å². The third kappa shape index (κ3) is 4.24. The normalized spacial score (nSPS) is 11.7. The molecule has 10 nitrogen and oxygen atoms in total. The average Bonchev–Trinajstić information content (AvgIpc) is 3.04. The highest BCUT2D eigenvalue weighted by Crippen LogP contribution is 2.37. The second-order valence-electron chi connectivity index (χ2n) is 5.85. The second-order valence-corrected chi connectivity index (χ2v) is 7.50. The van der Waals surface area contributed by atoms with E-state index in [1.807, 2.05) is 0 Å². The summed E-state index contributed by atoms with van der Waals surface area (Å²) in [4.78, 5) is 26.9. The molecule has 0 aliphatic rings. The number of H-pyrrole nitrogens is 2. The Labute approximate surface area is 164 Å². The maximum atomic E-state index is 13.0. The van der Waals surface area contributed by atoms with E-state index in [-0.39, 0.29) is 27.6 Å². The van der Waals surface area contributed by atoms with Gasteiger partial charge < -0.3 is 29.3 Å². The van der Waals surface area contributed by atoms with Crippen LogP contribution in [0.4, 0.5) is 5.69 Å². The molecule has 2 aromatic carbocycles. The molecule has 0 atom stereocenters. The number of anilines is 1. The van der Waals surface area contributed by atoms with Gasteiger partial charge in [-0.05, 0) is 42.0 Å². The van der Waals surface area contributed by atoms with Crippen LogP contribution in [0.25, 0.3) is 17.1 Å². The second kappa shape index (κ2) is 7.72. The number of aliphatic carboxylic acids is 1. The molecular weight excluding hydrogens is 402 g/mol. The fourth-order valence-corrected chi connectivity index (χ4v) is 3.98. The molecular formula is C18H16N3O7S-. The third-order valence-electron chi connectivity index (χ3n) is 3.94. The lowest BCUT2D eigenvalue weighted by Crippen LogP contribution is -2.18. The Hall–Kier alpha value is -3.73. The van der Waals surface area contributed by atoms with Crippen molar-refractivity contribution in [3.63, 3.8) is 0 Å². The number of aromatic nitrogens is 2. The summed E-state index contributed by atoms with van der Waals surface area (Å²) in [5.41, 5.74) is 0.970. The van der Waals surface area contributed by atoms with E-state index in [2.05, 4.69) is 14.7 Å². The van der Waals surface area contributed by atoms with E-state index in [9.17, 15) is 23.1 Å². The van der Waals surface area contributed by atoms with Crippen molar-refractivity contribution >= 4 is 38.8 Å². The number of sulfonamides is 1. The van der Waals surface area contributed by atoms with Crippen LogP contribution in [-0.2, 0) is 14.8 Å². The molecule has 0 saturated heterocycles. The number of nitrogens with one attached hydrogen (secondary N) is 3. The first-order chi connectivity index (χ1) is 13.7. The van der Waals surface area contributed by atoms with Gasteiger partial charge >= 0.3 is 5.69 Å². The molecule has 0 aliphatic heterocycles. The maximum Gasteiger partial charge on any atom is 0.323 e. The Morgan fingerprint density at radius 1 is 1.10 bits per heavy atom. The molecule has 11 heteroatoms. The molecule has 0 aliphatic carbocycles. The Kier molecular flexibility index (Phi) is 5.33. The molecule has 0 spiro atoms. The minimum Gasteiger partial charge on any atom is -0.545 e. The van der Waals surface area contributed by atoms with Gasteiger partial charge in [-0.3, -0.25) is 4.72 Å². The quantitative estimate of drug-likeness (QED) is 0.470. The molecule has 0 radical (unpaired) electrons. The number of carbonyl (C=O) groups is 1. The minimum absolute atomic E-state index is 0.0540. The molecule has 0 unspecified atom stereocenters. The van der Waals surface area contributed by atoms with E-state index in [1.165, 1.54) is 44.6 Å². The Morgan fingerprint density at radius 3 is 2.48 bits per heavy atom. The van der Waals surface area contributed by atoms with Gasteiger partial charge in [-0.15, -0.1) is 0 Å². The summed E-state index contributed by atoms with van der Waals surface area (Å²) >= 11 is 0. The van der Waals surface area contributed by atoms with E-state index in [1.54, 1.807) is 6.07 Å². The molecule has 3 N–H and O–H groups in total. The number of carboxylic acid groups (broad SMARTS) is 1. The van der Waals surface area contributed by atoms with E-state index in [4.69, 9.17) is 9.47 Å². The predicted octanol–water partition coefficient (Wildman–Crippen LogP) is 0.437. The smallest absolute Gasteiger partial charge is 0.323 e. The lowest BCUT2D eigenvalue weighted by atomic mass is 10.2. The first-order valence-electron chi connectivity index (χ1n) is 8.13. The first kappa shape index (κ1) is 20.0. The molecule has 0 fully saturated rings. The van der Waals surface area contributed by atoms with Crippen molar-refractivity contribution in [2.75, 3.05) is 18.9 Å². The van der Waals surface area contributed by atoms with Gasteiger partial charge in [0.15, 0.2) is 11.5 Å². The number of rotatable bonds is 7. The van der Waals surface area contributed by atoms with Gasteiger partial charge in [0.1, 0.15) is 4.90 Å². The zero-order chi connectivity index (χ0) is 21.2. The summed E-state index contributed by atoms with van der Waals surface area (Å²) in [6, 6.07) is 7.14. The van der Waals surface area contributed by atoms with Crippen molar-refractivity contribution < 1.29 is 27.8 Å². The van der Waals surface area contributed by atoms with Crippen LogP contribution in [0.2, 0.25) is 0 Å². The molecule has 1 aromatic heterocycles. The lowest BCUT2D eigenvalue weighted by molar-refractivity contribution is -0.297. The number of methoxy groups -OCH3 is 2. The maximum absolute atomic E-state index is 13.0. The number of carboxylic acids is 1. The van der Waals surface area contributed by atoms with Gasteiger partial charge in [0.2, 0.25) is 0 Å². The van der Waals surface area contributed by atoms with Crippen LogP contribution >= 0.6 is 0 Å². The number of aromatic amines is 2. The molecule has 152 valence electrons. The fraction of sp³-hybridized carbons (Fsp3) is 0.111. The largest absolute Gasteiger partial charge is 0.545 e. The zero-order valence-corrected chi connectivity index (χ0v) is 16.1. The summed E-state index contributed by atoms with van der Waals surface area (Å²) < 4.78 is 38.8. The number of carbonyl (C=O) groups excluding carboxylic acids is 1. The van der Waals surface area contributed by atoms with E-state index in [0.717, 1.165) is 6.08 Å². The summed E-state index contributed by atoms with van der Waals surface area (Å²) in [6.45, 7) is 0. The summed E-state index contributed by atoms with van der Waals surface area (Å²) in [7, 11) is -1.56. The Bertz CT molecular complexity index is 1270. The van der Waals surface area contributed by atoms with Crippen LogP contribution < -0.4 is 25.0 Å². The number of hydrogen-bond acceptors (Lipinski definition) is 7. The standard InChI is InChI=1S/C18H17N3O7S/c1-27-14-7-10(3-6-16(22)23)8-15(17(14)28-2)29(25,26)21-11-4-5-12-13(9-11)20-18(24)19-12/h3-9,21H,1-2H3,(H,22,23)(H2,19,20,24)/p-1/b6-3+. The Morgan fingerprint density at radius 2 is 1.83 bits per heavy atom. The van der Waals surface area contributed by atoms with Crippen molar-refractivity contribution in [1.82, 2.24) is 9.97 Å². The molecule has 0 amide bonds. The number of benzene rings is 2. The molecule has 29 heavy (non-hydrogen) atoms. The van der Waals surface area contributed by atoms with Crippen LogP contribution in [0.1, 0.15) is 5.56 Å². The van der Waals surface area contributed by atoms with E-state index < -0.39 is 21.7 Å². The first-order valence-corrected chi connectivity index (χ1v) is 9.62. The molecule has 0 bridgehead atoms. The van der Waals surface area contributed by atoms with Crippen molar-refractivity contribution in [2.45, 2.75) is 4.90 Å². The van der Waals surface area contributed by atoms with E-state index >= 15 is 0 Å². The number of ether oxygens (including phenoxy) is 2. The van der Waals surface area contributed by atoms with Gasteiger partial charge in [0.25, 0.3) is 10.0 Å². The van der Waals surface area contributed by atoms with Crippen LogP contribution in [-0.4, -0.2) is 38.6 Å². The summed E-state index contributed by atoms with van der Waals surface area (Å²) in [6.07, 6.45) is 1.94. The molecule has 3 rings (SSSR count). The van der Waals surface area contributed by atoms with Crippen molar-refractivity contribution in [3.8, 4) is 11.5 Å². The predicted molar refractivity (Wildman–Crippen MR) is 103 cm³/mol. The van der Waals surface area contributed by atoms with Gasteiger partial charge in [0.05, 0.1) is 36.9 Å². The molecule has 3 aromatic rings. The Balaban J connectivity index is 2.08. The van der Waals surface area contributed by atoms with E-state index in [0.29, 0.717) is 11.0 Å². The number of imidazole rings is 1. The summed E-state index contributed by atoms with van der Waals surface area (Å²) in [5.74, 6) is -1.39. The van der Waals surface area contributed by atoms with Gasteiger partial charge in [-0.25, -0.2) is 13.2 Å². The zero-order valence-electron chi connectivity index (χ0n) is 15.3. The van der Waals surface area contributed by atoms with Gasteiger partial charge in [-0.1, -0.05) is 6.08 Å². The topological polar surface area (TPSA) is 153 Å². The molecule has 1 heterocycles. The van der Waals surface area contributed by atoms with Crippen LogP contribution in [0.3, 0.4) is 0 Å². The highest BCUT2D eigenvalue weighted by Gasteiger charge is 2.24. The minimum atomic E-state index is -4.17. The van der Waals surface area contributed by atoms with Gasteiger partial charge in [0, 0.05) is 0 Å². The highest BCUT2D eigenvalue weighted by atomic mass is 32.2. The third-order valence-corrected chi connectivity index (χ3v) is 5.32. The SMILES string of the molecule is COc1cc(/C=C/C(=O)[O-])cc(S(=O)(=O)Nc2ccc3[nH]c(=O)[nH]c3c2)c1OC. The van der Waals surface area contributed by atoms with Crippen LogP contribution in [0.5, 0.6) is 11.5 Å². The van der Waals surface area contributed by atoms with Crippen LogP contribution in [0.15, 0.2) is 46.1 Å². The highest BCUT2D eigenvalue weighted by molar-refractivity contribution is 7.92. The van der Waals surface area contributed by atoms with Crippen molar-refractivity contribution in [1.29, 1.82) is 0 Å². The average molecular weight is 418 g/mol. The van der Waals surface area contributed by atoms with Crippen molar-refractivity contribution in [3.05, 3.63) is 52.5 Å². The number of hydrogen-bond donors (Lipinski definition) is 3. The van der Waals surface area contributed by atoms with Gasteiger partial charge in [-0.2, -0.15) is 0 Å². The fourth-order valence-electron chi connectivity index (χ4n) is 2.72. The lowest BCUT2D eigenvalue weighted by Gasteiger charge is -2.15.